The first-order valence-electron chi connectivity index (χ1n) is 8.92. The third kappa shape index (κ3) is 5.66. The average molecular weight is 416 g/mol. The largest absolute Gasteiger partial charge is 0.493 e. The molecule has 8 nitrogen and oxygen atoms in total. The van der Waals surface area contributed by atoms with Gasteiger partial charge in [-0.15, -0.1) is 0 Å². The van der Waals surface area contributed by atoms with Crippen LogP contribution in [0.2, 0.25) is 0 Å². The Balaban J connectivity index is 2.14. The Bertz CT molecular complexity index is 908. The van der Waals surface area contributed by atoms with E-state index in [-0.39, 0.29) is 12.4 Å². The lowest BCUT2D eigenvalue weighted by atomic mass is 10.1. The van der Waals surface area contributed by atoms with Gasteiger partial charge >= 0.3 is 11.9 Å². The van der Waals surface area contributed by atoms with Crippen molar-refractivity contribution in [1.82, 2.24) is 0 Å². The molecule has 0 fully saturated rings. The second kappa shape index (κ2) is 10.8. The van der Waals surface area contributed by atoms with Crippen molar-refractivity contribution in [2.24, 2.45) is 0 Å². The molecule has 0 aromatic heterocycles. The second-order valence-corrected chi connectivity index (χ2v) is 5.94. The van der Waals surface area contributed by atoms with E-state index in [1.807, 2.05) is 0 Å². The first-order chi connectivity index (χ1) is 14.4. The van der Waals surface area contributed by atoms with Crippen molar-refractivity contribution in [3.8, 4) is 28.7 Å². The van der Waals surface area contributed by atoms with Gasteiger partial charge in [-0.2, -0.15) is 0 Å². The number of carbonyl (C=O) groups is 2. The Labute approximate surface area is 174 Å². The van der Waals surface area contributed by atoms with E-state index >= 15 is 0 Å². The molecule has 0 aliphatic rings. The highest BCUT2D eigenvalue weighted by molar-refractivity contribution is 5.87. The van der Waals surface area contributed by atoms with E-state index in [1.165, 1.54) is 47.5 Å². The fourth-order valence-corrected chi connectivity index (χ4v) is 2.67. The van der Waals surface area contributed by atoms with Crippen LogP contribution < -0.4 is 23.7 Å². The van der Waals surface area contributed by atoms with E-state index in [2.05, 4.69) is 0 Å². The summed E-state index contributed by atoms with van der Waals surface area (Å²) in [6, 6.07) is 8.53. The quantitative estimate of drug-likeness (QED) is 0.349. The first kappa shape index (κ1) is 22.6. The Morgan fingerprint density at radius 2 is 1.50 bits per heavy atom. The molecule has 0 spiro atoms. The van der Waals surface area contributed by atoms with Gasteiger partial charge in [-0.3, -0.25) is 4.79 Å². The molecule has 8 heteroatoms. The highest BCUT2D eigenvalue weighted by Gasteiger charge is 2.16. The zero-order chi connectivity index (χ0) is 22.1. The molecule has 0 saturated carbocycles. The highest BCUT2D eigenvalue weighted by atomic mass is 16.6. The zero-order valence-electron chi connectivity index (χ0n) is 17.5. The Hall–Kier alpha value is -3.68. The minimum Gasteiger partial charge on any atom is -0.493 e. The lowest BCUT2D eigenvalue weighted by Crippen LogP contribution is -2.05. The fourth-order valence-electron chi connectivity index (χ4n) is 2.67. The molecule has 0 bridgehead atoms. The normalized spacial score (nSPS) is 10.4. The van der Waals surface area contributed by atoms with Crippen molar-refractivity contribution in [2.75, 3.05) is 28.4 Å². The molecular formula is C22H24O8. The first-order valence-corrected chi connectivity index (χ1v) is 8.92. The maximum atomic E-state index is 12.2. The number of hydrogen-bond donors (Lipinski definition) is 0. The highest BCUT2D eigenvalue weighted by Crippen LogP contribution is 2.39. The molecule has 0 N–H and O–H groups in total. The number of ether oxygens (including phenoxy) is 6. The van der Waals surface area contributed by atoms with Gasteiger partial charge in [-0.1, -0.05) is 12.1 Å². The molecule has 0 aliphatic heterocycles. The fraction of sp³-hybridized carbons (Fsp3) is 0.273. The van der Waals surface area contributed by atoms with Crippen molar-refractivity contribution in [1.29, 1.82) is 0 Å². The molecule has 0 aliphatic carbocycles. The van der Waals surface area contributed by atoms with Crippen LogP contribution in [0.1, 0.15) is 18.1 Å². The van der Waals surface area contributed by atoms with Gasteiger partial charge in [-0.05, 0) is 29.8 Å². The minimum absolute atomic E-state index is 0.0155. The van der Waals surface area contributed by atoms with Crippen LogP contribution in [-0.2, 0) is 20.9 Å². The Morgan fingerprint density at radius 1 is 0.867 bits per heavy atom. The Kier molecular flexibility index (Phi) is 8.10. The molecule has 160 valence electrons. The number of hydrogen-bond acceptors (Lipinski definition) is 8. The molecule has 0 atom stereocenters. The van der Waals surface area contributed by atoms with Crippen LogP contribution >= 0.6 is 0 Å². The van der Waals surface area contributed by atoms with Crippen molar-refractivity contribution >= 4 is 18.0 Å². The summed E-state index contributed by atoms with van der Waals surface area (Å²) in [4.78, 5) is 23.5. The lowest BCUT2D eigenvalue weighted by Gasteiger charge is -2.13. The summed E-state index contributed by atoms with van der Waals surface area (Å²) < 4.78 is 31.5. The second-order valence-electron chi connectivity index (χ2n) is 5.94. The number of rotatable bonds is 9. The molecule has 30 heavy (non-hydrogen) atoms. The maximum absolute atomic E-state index is 12.2. The van der Waals surface area contributed by atoms with E-state index in [4.69, 9.17) is 28.4 Å². The number of methoxy groups -OCH3 is 4. The van der Waals surface area contributed by atoms with Crippen LogP contribution in [0.25, 0.3) is 6.08 Å². The predicted molar refractivity (Wildman–Crippen MR) is 109 cm³/mol. The number of benzene rings is 2. The molecule has 2 aromatic rings. The van der Waals surface area contributed by atoms with Gasteiger partial charge in [-0.25, -0.2) is 4.79 Å². The van der Waals surface area contributed by atoms with Gasteiger partial charge in [0.2, 0.25) is 5.75 Å². The van der Waals surface area contributed by atoms with Gasteiger partial charge in [0, 0.05) is 18.6 Å². The van der Waals surface area contributed by atoms with Crippen LogP contribution in [0.3, 0.4) is 0 Å². The van der Waals surface area contributed by atoms with E-state index < -0.39 is 11.9 Å². The van der Waals surface area contributed by atoms with Gasteiger partial charge < -0.3 is 28.4 Å². The summed E-state index contributed by atoms with van der Waals surface area (Å²) in [6.07, 6.45) is 2.81. The van der Waals surface area contributed by atoms with Gasteiger partial charge in [0.25, 0.3) is 0 Å². The van der Waals surface area contributed by atoms with E-state index in [9.17, 15) is 9.59 Å². The molecule has 0 amide bonds. The maximum Gasteiger partial charge on any atom is 0.331 e. The van der Waals surface area contributed by atoms with Crippen molar-refractivity contribution < 1.29 is 38.0 Å². The van der Waals surface area contributed by atoms with Crippen LogP contribution in [0.5, 0.6) is 28.7 Å². The monoisotopic (exact) mass is 416 g/mol. The molecule has 2 rings (SSSR count). The van der Waals surface area contributed by atoms with Gasteiger partial charge in [0.05, 0.1) is 28.4 Å². The van der Waals surface area contributed by atoms with Gasteiger partial charge in [0.1, 0.15) is 6.61 Å². The summed E-state index contributed by atoms with van der Waals surface area (Å²) >= 11 is 0. The topological polar surface area (TPSA) is 89.5 Å². The molecule has 0 saturated heterocycles. The Morgan fingerprint density at radius 3 is 2.03 bits per heavy atom. The molecule has 0 radical (unpaired) electrons. The summed E-state index contributed by atoms with van der Waals surface area (Å²) in [6.45, 7) is 1.29. The summed E-state index contributed by atoms with van der Waals surface area (Å²) in [5.74, 6) is 0.740. The van der Waals surface area contributed by atoms with Crippen LogP contribution in [0, 0.1) is 0 Å². The number of esters is 2. The minimum atomic E-state index is -0.554. The van der Waals surface area contributed by atoms with Gasteiger partial charge in [0.15, 0.2) is 23.0 Å². The van der Waals surface area contributed by atoms with E-state index in [0.717, 1.165) is 0 Å². The standard InChI is InChI=1S/C22H24O8/c1-14(23)30-22-18(26-3)11-15(12-19(22)27-4)9-10-20(24)29-13-16-7-6-8-17(25-2)21(16)28-5/h6-12H,13H2,1-5H3. The summed E-state index contributed by atoms with van der Waals surface area (Å²) in [7, 11) is 5.92. The smallest absolute Gasteiger partial charge is 0.331 e. The van der Waals surface area contributed by atoms with Crippen LogP contribution in [0.15, 0.2) is 36.4 Å². The molecule has 0 heterocycles. The zero-order valence-corrected chi connectivity index (χ0v) is 17.5. The third-order valence-electron chi connectivity index (χ3n) is 4.00. The third-order valence-corrected chi connectivity index (χ3v) is 4.00. The van der Waals surface area contributed by atoms with E-state index in [1.54, 1.807) is 30.3 Å². The number of para-hydroxylation sites is 1. The molecule has 2 aromatic carbocycles. The number of carbonyl (C=O) groups excluding carboxylic acids is 2. The molecular weight excluding hydrogens is 392 g/mol. The SMILES string of the molecule is COc1cccc(COC(=O)C=Cc2cc(OC)c(OC(C)=O)c(OC)c2)c1OC. The van der Waals surface area contributed by atoms with E-state index in [0.29, 0.717) is 34.1 Å². The van der Waals surface area contributed by atoms with Crippen LogP contribution in [0.4, 0.5) is 0 Å². The lowest BCUT2D eigenvalue weighted by molar-refractivity contribution is -0.139. The average Bonchev–Trinajstić information content (AvgIpc) is 2.75. The van der Waals surface area contributed by atoms with Crippen LogP contribution in [-0.4, -0.2) is 40.4 Å². The van der Waals surface area contributed by atoms with Crippen molar-refractivity contribution in [3.63, 3.8) is 0 Å². The summed E-state index contributed by atoms with van der Waals surface area (Å²) in [5, 5.41) is 0. The summed E-state index contributed by atoms with van der Waals surface area (Å²) in [5.41, 5.74) is 1.27. The molecule has 0 unspecified atom stereocenters. The predicted octanol–water partition coefficient (Wildman–Crippen LogP) is 3.40. The van der Waals surface area contributed by atoms with Crippen molar-refractivity contribution in [3.05, 3.63) is 47.5 Å². The van der Waals surface area contributed by atoms with Crippen molar-refractivity contribution in [2.45, 2.75) is 13.5 Å².